The third-order valence-electron chi connectivity index (χ3n) is 4.34. The van der Waals surface area contributed by atoms with Crippen molar-refractivity contribution in [2.75, 3.05) is 23.8 Å². The molecule has 2 N–H and O–H groups in total. The summed E-state index contributed by atoms with van der Waals surface area (Å²) in [5.74, 6) is 0.166. The minimum absolute atomic E-state index is 0.100. The number of carbonyl (C=O) groups is 1. The van der Waals surface area contributed by atoms with Crippen LogP contribution in [0.4, 0.5) is 11.4 Å². The molecule has 1 atom stereocenters. The van der Waals surface area contributed by atoms with Crippen LogP contribution in [0.5, 0.6) is 0 Å². The summed E-state index contributed by atoms with van der Waals surface area (Å²) >= 11 is 0. The molecule has 4 nitrogen and oxygen atoms in total. The fourth-order valence-corrected chi connectivity index (χ4v) is 3.11. The van der Waals surface area contributed by atoms with Gasteiger partial charge in [-0.05, 0) is 49.8 Å². The molecule has 3 rings (SSSR count). The van der Waals surface area contributed by atoms with Gasteiger partial charge in [0.25, 0.3) is 0 Å². The van der Waals surface area contributed by atoms with E-state index in [1.54, 1.807) is 0 Å². The number of carbonyl (C=O) groups excluding carboxylic acids is 1. The summed E-state index contributed by atoms with van der Waals surface area (Å²) < 4.78 is 5.67. The van der Waals surface area contributed by atoms with E-state index in [1.807, 2.05) is 17.9 Å². The van der Waals surface area contributed by atoms with Crippen molar-refractivity contribution in [1.82, 2.24) is 0 Å². The average molecular weight is 274 g/mol. The molecule has 0 aliphatic carbocycles. The molecule has 0 aromatic heterocycles. The van der Waals surface area contributed by atoms with Crippen molar-refractivity contribution in [2.24, 2.45) is 0 Å². The van der Waals surface area contributed by atoms with Crippen LogP contribution in [0, 0.1) is 6.92 Å². The Morgan fingerprint density at radius 3 is 3.05 bits per heavy atom. The van der Waals surface area contributed by atoms with E-state index in [2.05, 4.69) is 6.07 Å². The lowest BCUT2D eigenvalue weighted by molar-refractivity contribution is -0.122. The number of benzene rings is 1. The van der Waals surface area contributed by atoms with Crippen molar-refractivity contribution in [2.45, 2.75) is 45.1 Å². The number of anilines is 2. The molecule has 1 amide bonds. The number of amides is 1. The van der Waals surface area contributed by atoms with E-state index in [1.165, 1.54) is 12.0 Å². The third-order valence-corrected chi connectivity index (χ3v) is 4.34. The van der Waals surface area contributed by atoms with E-state index in [9.17, 15) is 4.79 Å². The number of rotatable bonds is 2. The van der Waals surface area contributed by atoms with Gasteiger partial charge in [-0.25, -0.2) is 0 Å². The summed E-state index contributed by atoms with van der Waals surface area (Å²) in [5, 5.41) is 0. The molecule has 4 heteroatoms. The van der Waals surface area contributed by atoms with E-state index in [0.29, 0.717) is 6.42 Å². The van der Waals surface area contributed by atoms with Gasteiger partial charge in [0, 0.05) is 24.5 Å². The summed E-state index contributed by atoms with van der Waals surface area (Å²) in [6, 6.07) is 4.05. The number of nitrogen functional groups attached to an aromatic ring is 1. The van der Waals surface area contributed by atoms with Gasteiger partial charge in [-0.3, -0.25) is 4.79 Å². The minimum Gasteiger partial charge on any atom is -0.398 e. The molecule has 2 heterocycles. The van der Waals surface area contributed by atoms with Gasteiger partial charge in [-0.1, -0.05) is 6.07 Å². The van der Waals surface area contributed by atoms with Crippen LogP contribution in [0.15, 0.2) is 12.1 Å². The molecule has 1 aromatic carbocycles. The van der Waals surface area contributed by atoms with Crippen molar-refractivity contribution < 1.29 is 9.53 Å². The monoisotopic (exact) mass is 274 g/mol. The largest absolute Gasteiger partial charge is 0.398 e. The molecule has 20 heavy (non-hydrogen) atoms. The van der Waals surface area contributed by atoms with E-state index in [-0.39, 0.29) is 12.0 Å². The maximum absolute atomic E-state index is 12.5. The van der Waals surface area contributed by atoms with Gasteiger partial charge >= 0.3 is 0 Å². The van der Waals surface area contributed by atoms with Crippen LogP contribution in [-0.2, 0) is 16.0 Å². The second-order valence-electron chi connectivity index (χ2n) is 5.83. The quantitative estimate of drug-likeness (QED) is 0.843. The van der Waals surface area contributed by atoms with Gasteiger partial charge < -0.3 is 15.4 Å². The Balaban J connectivity index is 1.73. The molecule has 0 bridgehead atoms. The molecule has 2 aliphatic heterocycles. The van der Waals surface area contributed by atoms with Crippen LogP contribution in [0.3, 0.4) is 0 Å². The number of hydrogen-bond acceptors (Lipinski definition) is 3. The Kier molecular flexibility index (Phi) is 3.66. The predicted molar refractivity (Wildman–Crippen MR) is 79.9 cm³/mol. The maximum Gasteiger partial charge on any atom is 0.229 e. The molecular weight excluding hydrogens is 252 g/mol. The molecule has 0 saturated carbocycles. The molecular formula is C16H22N2O2. The normalized spacial score (nSPS) is 21.9. The lowest BCUT2D eigenvalue weighted by Gasteiger charge is -2.25. The fraction of sp³-hybridized carbons (Fsp3) is 0.562. The first-order valence-corrected chi connectivity index (χ1v) is 7.46. The van der Waals surface area contributed by atoms with Gasteiger partial charge in [0.15, 0.2) is 0 Å². The van der Waals surface area contributed by atoms with Crippen LogP contribution in [0.25, 0.3) is 0 Å². The van der Waals surface area contributed by atoms with Gasteiger partial charge in [-0.15, -0.1) is 0 Å². The molecule has 1 saturated heterocycles. The van der Waals surface area contributed by atoms with E-state index in [4.69, 9.17) is 10.5 Å². The van der Waals surface area contributed by atoms with E-state index < -0.39 is 0 Å². The summed E-state index contributed by atoms with van der Waals surface area (Å²) in [7, 11) is 0. The molecule has 1 aromatic rings. The standard InChI is InChI=1S/C16H22N2O2/c1-11-8-12-5-6-18(15(12)10-14(11)17)16(19)9-13-4-2-3-7-20-13/h8,10,13H,2-7,9,17H2,1H3. The SMILES string of the molecule is Cc1cc2c(cc1N)N(C(=O)CC1CCCCO1)CC2. The van der Waals surface area contributed by atoms with Gasteiger partial charge in [0.1, 0.15) is 0 Å². The molecule has 0 spiro atoms. The van der Waals surface area contributed by atoms with Gasteiger partial charge in [0.05, 0.1) is 12.5 Å². The number of hydrogen-bond donors (Lipinski definition) is 1. The molecule has 0 radical (unpaired) electrons. The first kappa shape index (κ1) is 13.4. The number of nitrogens with zero attached hydrogens (tertiary/aromatic N) is 1. The second-order valence-corrected chi connectivity index (χ2v) is 5.83. The lowest BCUT2D eigenvalue weighted by Crippen LogP contribution is -2.33. The van der Waals surface area contributed by atoms with Crippen molar-refractivity contribution in [3.8, 4) is 0 Å². The summed E-state index contributed by atoms with van der Waals surface area (Å²) in [4.78, 5) is 14.4. The maximum atomic E-state index is 12.5. The summed E-state index contributed by atoms with van der Waals surface area (Å²) in [6.45, 7) is 3.57. The van der Waals surface area contributed by atoms with Crippen LogP contribution < -0.4 is 10.6 Å². The molecule has 1 fully saturated rings. The summed E-state index contributed by atoms with van der Waals surface area (Å²) in [5.41, 5.74) is 10.1. The van der Waals surface area contributed by atoms with Gasteiger partial charge in [-0.2, -0.15) is 0 Å². The Hall–Kier alpha value is -1.55. The van der Waals surface area contributed by atoms with Crippen molar-refractivity contribution in [1.29, 1.82) is 0 Å². The molecule has 2 aliphatic rings. The number of aryl methyl sites for hydroxylation is 1. The topological polar surface area (TPSA) is 55.6 Å². The zero-order valence-corrected chi connectivity index (χ0v) is 12.0. The first-order chi connectivity index (χ1) is 9.65. The highest BCUT2D eigenvalue weighted by atomic mass is 16.5. The predicted octanol–water partition coefficient (Wildman–Crippen LogP) is 2.43. The number of nitrogens with two attached hydrogens (primary N) is 1. The molecule has 1 unspecified atom stereocenters. The zero-order chi connectivity index (χ0) is 14.1. The van der Waals surface area contributed by atoms with Crippen LogP contribution in [-0.4, -0.2) is 25.2 Å². The first-order valence-electron chi connectivity index (χ1n) is 7.46. The highest BCUT2D eigenvalue weighted by Crippen LogP contribution is 2.33. The summed E-state index contributed by atoms with van der Waals surface area (Å²) in [6.07, 6.45) is 4.81. The molecule has 108 valence electrons. The number of ether oxygens (including phenoxy) is 1. The van der Waals surface area contributed by atoms with E-state index in [0.717, 1.165) is 49.4 Å². The van der Waals surface area contributed by atoms with Crippen LogP contribution in [0.1, 0.15) is 36.8 Å². The second kappa shape index (κ2) is 5.44. The minimum atomic E-state index is 0.100. The zero-order valence-electron chi connectivity index (χ0n) is 12.0. The lowest BCUT2D eigenvalue weighted by atomic mass is 10.1. The Bertz CT molecular complexity index is 521. The number of fused-ring (bicyclic) bond motifs is 1. The highest BCUT2D eigenvalue weighted by Gasteiger charge is 2.28. The third kappa shape index (κ3) is 2.52. The van der Waals surface area contributed by atoms with Crippen molar-refractivity contribution in [3.63, 3.8) is 0 Å². The van der Waals surface area contributed by atoms with Crippen molar-refractivity contribution >= 4 is 17.3 Å². The Labute approximate surface area is 119 Å². The average Bonchev–Trinajstić information content (AvgIpc) is 2.83. The Morgan fingerprint density at radius 1 is 1.45 bits per heavy atom. The smallest absolute Gasteiger partial charge is 0.229 e. The van der Waals surface area contributed by atoms with Crippen molar-refractivity contribution in [3.05, 3.63) is 23.3 Å². The van der Waals surface area contributed by atoms with Crippen LogP contribution >= 0.6 is 0 Å². The van der Waals surface area contributed by atoms with Gasteiger partial charge in [0.2, 0.25) is 5.91 Å². The van der Waals surface area contributed by atoms with Crippen LogP contribution in [0.2, 0.25) is 0 Å². The highest BCUT2D eigenvalue weighted by molar-refractivity contribution is 5.96. The fourth-order valence-electron chi connectivity index (χ4n) is 3.11. The Morgan fingerprint density at radius 2 is 2.30 bits per heavy atom. The van der Waals surface area contributed by atoms with E-state index >= 15 is 0 Å².